The molecular formula is C15H24O2S. The minimum Gasteiger partial charge on any atom is -0.294 e. The molecule has 0 aromatic rings. The number of ketones is 1. The van der Waals surface area contributed by atoms with Crippen LogP contribution >= 0.6 is 11.8 Å². The summed E-state index contributed by atoms with van der Waals surface area (Å²) in [5, 5.41) is -0.0400. The van der Waals surface area contributed by atoms with Crippen molar-refractivity contribution >= 4 is 22.7 Å². The summed E-state index contributed by atoms with van der Waals surface area (Å²) < 4.78 is 0. The molecule has 1 aliphatic carbocycles. The van der Waals surface area contributed by atoms with Gasteiger partial charge >= 0.3 is 0 Å². The van der Waals surface area contributed by atoms with Crippen molar-refractivity contribution in [2.75, 3.05) is 5.75 Å². The van der Waals surface area contributed by atoms with Crippen LogP contribution in [0.2, 0.25) is 0 Å². The third-order valence-electron chi connectivity index (χ3n) is 3.24. The van der Waals surface area contributed by atoms with Crippen LogP contribution in [0.5, 0.6) is 0 Å². The Morgan fingerprint density at radius 2 is 1.83 bits per heavy atom. The van der Waals surface area contributed by atoms with Gasteiger partial charge in [0.25, 0.3) is 0 Å². The highest BCUT2D eigenvalue weighted by molar-refractivity contribution is 8.14. The van der Waals surface area contributed by atoms with Crippen molar-refractivity contribution in [1.29, 1.82) is 0 Å². The van der Waals surface area contributed by atoms with Crippen LogP contribution in [0.1, 0.15) is 52.9 Å². The van der Waals surface area contributed by atoms with Gasteiger partial charge in [0.15, 0.2) is 5.78 Å². The molecule has 102 valence electrons. The van der Waals surface area contributed by atoms with E-state index < -0.39 is 0 Å². The van der Waals surface area contributed by atoms with Gasteiger partial charge in [0, 0.05) is 5.92 Å². The van der Waals surface area contributed by atoms with Gasteiger partial charge in [-0.05, 0) is 24.5 Å². The fourth-order valence-electron chi connectivity index (χ4n) is 2.38. The SMILES string of the molecule is CCSC(=O)/C(=C\C(C)C)C(=O)C1CCCCC1. The first-order chi connectivity index (χ1) is 8.56. The van der Waals surface area contributed by atoms with E-state index in [0.29, 0.717) is 5.57 Å². The van der Waals surface area contributed by atoms with E-state index in [0.717, 1.165) is 31.4 Å². The molecule has 0 unspecified atom stereocenters. The van der Waals surface area contributed by atoms with Crippen molar-refractivity contribution in [2.45, 2.75) is 52.9 Å². The maximum absolute atomic E-state index is 12.4. The zero-order chi connectivity index (χ0) is 13.5. The zero-order valence-corrected chi connectivity index (χ0v) is 12.5. The molecule has 0 heterocycles. The lowest BCUT2D eigenvalue weighted by Crippen LogP contribution is -2.23. The molecule has 0 aliphatic heterocycles. The molecule has 0 N–H and O–H groups in total. The van der Waals surface area contributed by atoms with Crippen LogP contribution in [0.25, 0.3) is 0 Å². The summed E-state index contributed by atoms with van der Waals surface area (Å²) in [6.45, 7) is 5.97. The maximum Gasteiger partial charge on any atom is 0.222 e. The molecule has 0 radical (unpaired) electrons. The Hall–Kier alpha value is -0.570. The average molecular weight is 268 g/mol. The van der Waals surface area contributed by atoms with Crippen molar-refractivity contribution in [3.8, 4) is 0 Å². The Balaban J connectivity index is 2.81. The van der Waals surface area contributed by atoms with Crippen LogP contribution in [0, 0.1) is 11.8 Å². The first-order valence-corrected chi connectivity index (χ1v) is 7.98. The number of carbonyl (C=O) groups is 2. The monoisotopic (exact) mass is 268 g/mol. The number of hydrogen-bond donors (Lipinski definition) is 0. The quantitative estimate of drug-likeness (QED) is 0.429. The van der Waals surface area contributed by atoms with Gasteiger partial charge in [0.05, 0.1) is 5.57 Å². The lowest BCUT2D eigenvalue weighted by molar-refractivity contribution is -0.122. The molecule has 0 amide bonds. The summed E-state index contributed by atoms with van der Waals surface area (Å²) in [6, 6.07) is 0. The van der Waals surface area contributed by atoms with Gasteiger partial charge in [0.1, 0.15) is 0 Å². The van der Waals surface area contributed by atoms with Crippen LogP contribution in [0.4, 0.5) is 0 Å². The Bertz CT molecular complexity index is 325. The second-order valence-electron chi connectivity index (χ2n) is 5.24. The van der Waals surface area contributed by atoms with Gasteiger partial charge in [-0.2, -0.15) is 0 Å². The van der Waals surface area contributed by atoms with Crippen molar-refractivity contribution in [2.24, 2.45) is 11.8 Å². The number of carbonyl (C=O) groups excluding carboxylic acids is 2. The third-order valence-corrected chi connectivity index (χ3v) is 4.01. The molecule has 1 fully saturated rings. The third kappa shape index (κ3) is 4.60. The number of hydrogen-bond acceptors (Lipinski definition) is 3. The van der Waals surface area contributed by atoms with Gasteiger partial charge in [-0.1, -0.05) is 57.9 Å². The van der Waals surface area contributed by atoms with E-state index >= 15 is 0 Å². The van der Waals surface area contributed by atoms with E-state index in [4.69, 9.17) is 0 Å². The highest BCUT2D eigenvalue weighted by atomic mass is 32.2. The summed E-state index contributed by atoms with van der Waals surface area (Å²) >= 11 is 1.25. The molecule has 0 atom stereocenters. The molecule has 1 saturated carbocycles. The number of thioether (sulfide) groups is 1. The van der Waals surface area contributed by atoms with Crippen LogP contribution in [0.3, 0.4) is 0 Å². The van der Waals surface area contributed by atoms with Crippen LogP contribution in [0.15, 0.2) is 11.6 Å². The van der Waals surface area contributed by atoms with Gasteiger partial charge < -0.3 is 0 Å². The number of rotatable bonds is 5. The van der Waals surface area contributed by atoms with Crippen LogP contribution in [-0.4, -0.2) is 16.7 Å². The summed E-state index contributed by atoms with van der Waals surface area (Å²) in [6.07, 6.45) is 7.24. The highest BCUT2D eigenvalue weighted by Gasteiger charge is 2.27. The zero-order valence-electron chi connectivity index (χ0n) is 11.7. The fourth-order valence-corrected chi connectivity index (χ4v) is 2.96. The molecule has 0 bridgehead atoms. The van der Waals surface area contributed by atoms with Crippen molar-refractivity contribution < 1.29 is 9.59 Å². The summed E-state index contributed by atoms with van der Waals surface area (Å²) in [5.74, 6) is 1.15. The smallest absolute Gasteiger partial charge is 0.222 e. The fraction of sp³-hybridized carbons (Fsp3) is 0.733. The minimum absolute atomic E-state index is 0.0400. The number of Topliss-reactive ketones (excluding diaryl/α,β-unsaturated/α-hetero) is 1. The minimum atomic E-state index is -0.0400. The van der Waals surface area contributed by atoms with Crippen molar-refractivity contribution in [1.82, 2.24) is 0 Å². The Morgan fingerprint density at radius 1 is 1.22 bits per heavy atom. The van der Waals surface area contributed by atoms with E-state index in [1.54, 1.807) is 0 Å². The van der Waals surface area contributed by atoms with Crippen LogP contribution < -0.4 is 0 Å². The first kappa shape index (κ1) is 15.5. The lowest BCUT2D eigenvalue weighted by atomic mass is 9.83. The second-order valence-corrected chi connectivity index (χ2v) is 6.48. The standard InChI is InChI=1S/C15H24O2S/c1-4-18-15(17)13(10-11(2)3)14(16)12-8-6-5-7-9-12/h10-12H,4-9H2,1-3H3/b13-10-. The Labute approximate surface area is 115 Å². The highest BCUT2D eigenvalue weighted by Crippen LogP contribution is 2.28. The predicted octanol–water partition coefficient (Wildman–Crippen LogP) is 4.00. The average Bonchev–Trinajstić information content (AvgIpc) is 2.36. The van der Waals surface area contributed by atoms with Gasteiger partial charge in [0.2, 0.25) is 5.12 Å². The van der Waals surface area contributed by atoms with E-state index in [1.165, 1.54) is 18.2 Å². The normalized spacial score (nSPS) is 18.1. The van der Waals surface area contributed by atoms with Gasteiger partial charge in [-0.3, -0.25) is 9.59 Å². The van der Waals surface area contributed by atoms with Crippen molar-refractivity contribution in [3.05, 3.63) is 11.6 Å². The first-order valence-electron chi connectivity index (χ1n) is 6.99. The topological polar surface area (TPSA) is 34.1 Å². The van der Waals surface area contributed by atoms with E-state index in [2.05, 4.69) is 0 Å². The lowest BCUT2D eigenvalue weighted by Gasteiger charge is -2.21. The van der Waals surface area contributed by atoms with Crippen LogP contribution in [-0.2, 0) is 9.59 Å². The molecule has 0 aromatic heterocycles. The Morgan fingerprint density at radius 3 is 2.33 bits per heavy atom. The van der Waals surface area contributed by atoms with E-state index in [9.17, 15) is 9.59 Å². The summed E-state index contributed by atoms with van der Waals surface area (Å²) in [7, 11) is 0. The van der Waals surface area contributed by atoms with E-state index in [-0.39, 0.29) is 22.7 Å². The molecule has 2 nitrogen and oxygen atoms in total. The number of allylic oxidation sites excluding steroid dienone is 1. The molecule has 0 aromatic carbocycles. The maximum atomic E-state index is 12.4. The largest absolute Gasteiger partial charge is 0.294 e. The molecule has 3 heteroatoms. The second kappa shape index (κ2) is 7.78. The van der Waals surface area contributed by atoms with Gasteiger partial charge in [-0.25, -0.2) is 0 Å². The molecule has 0 saturated heterocycles. The predicted molar refractivity (Wildman–Crippen MR) is 77.6 cm³/mol. The molecular weight excluding hydrogens is 244 g/mol. The summed E-state index contributed by atoms with van der Waals surface area (Å²) in [5.41, 5.74) is 0.448. The van der Waals surface area contributed by atoms with Crippen molar-refractivity contribution in [3.63, 3.8) is 0 Å². The molecule has 1 rings (SSSR count). The molecule has 0 spiro atoms. The molecule has 18 heavy (non-hydrogen) atoms. The molecule has 1 aliphatic rings. The Kier molecular flexibility index (Phi) is 6.69. The van der Waals surface area contributed by atoms with E-state index in [1.807, 2.05) is 26.8 Å². The van der Waals surface area contributed by atoms with Gasteiger partial charge in [-0.15, -0.1) is 0 Å². The summed E-state index contributed by atoms with van der Waals surface area (Å²) in [4.78, 5) is 24.5.